The van der Waals surface area contributed by atoms with Crippen molar-refractivity contribution in [2.45, 2.75) is 19.5 Å². The summed E-state index contributed by atoms with van der Waals surface area (Å²) in [4.78, 5) is 27.6. The average Bonchev–Trinajstić information content (AvgIpc) is 3.23. The van der Waals surface area contributed by atoms with Gasteiger partial charge in [-0.25, -0.2) is 9.37 Å². The molecule has 0 atom stereocenters. The Labute approximate surface area is 177 Å². The molecule has 3 heterocycles. The zero-order chi connectivity index (χ0) is 20.8. The first-order chi connectivity index (χ1) is 14.7. The van der Waals surface area contributed by atoms with Crippen molar-refractivity contribution < 1.29 is 9.18 Å². The Morgan fingerprint density at radius 2 is 1.80 bits per heavy atom. The van der Waals surface area contributed by atoms with Crippen LogP contribution >= 0.6 is 11.3 Å². The third kappa shape index (κ3) is 5.12. The summed E-state index contributed by atoms with van der Waals surface area (Å²) in [5.74, 6) is -0.341. The van der Waals surface area contributed by atoms with Gasteiger partial charge in [0.2, 0.25) is 5.91 Å². The molecule has 0 saturated carbocycles. The van der Waals surface area contributed by atoms with Gasteiger partial charge in [-0.3, -0.25) is 14.8 Å². The molecule has 4 rings (SSSR count). The molecule has 1 aromatic carbocycles. The van der Waals surface area contributed by atoms with Crippen molar-refractivity contribution in [3.05, 3.63) is 101 Å². The molecule has 1 amide bonds. The van der Waals surface area contributed by atoms with Crippen LogP contribution in [-0.4, -0.2) is 25.8 Å². The van der Waals surface area contributed by atoms with Crippen LogP contribution in [0.1, 0.15) is 16.8 Å². The Bertz CT molecular complexity index is 1080. The van der Waals surface area contributed by atoms with Gasteiger partial charge in [-0.2, -0.15) is 0 Å². The van der Waals surface area contributed by atoms with E-state index in [1.807, 2.05) is 35.7 Å². The van der Waals surface area contributed by atoms with Crippen LogP contribution in [-0.2, 0) is 24.3 Å². The number of carbonyl (C=O) groups is 1. The number of amides is 1. The molecule has 5 nitrogen and oxygen atoms in total. The zero-order valence-electron chi connectivity index (χ0n) is 16.1. The van der Waals surface area contributed by atoms with E-state index in [-0.39, 0.29) is 18.1 Å². The lowest BCUT2D eigenvalue weighted by atomic mass is 10.2. The summed E-state index contributed by atoms with van der Waals surface area (Å²) in [6, 6.07) is 13.9. The lowest BCUT2D eigenvalue weighted by Gasteiger charge is -2.22. The van der Waals surface area contributed by atoms with E-state index >= 15 is 0 Å². The molecule has 0 fully saturated rings. The van der Waals surface area contributed by atoms with Crippen molar-refractivity contribution in [1.82, 2.24) is 19.9 Å². The first-order valence-corrected chi connectivity index (χ1v) is 10.3. The predicted molar refractivity (Wildman–Crippen MR) is 114 cm³/mol. The highest BCUT2D eigenvalue weighted by Gasteiger charge is 2.17. The molecule has 4 aromatic rings. The lowest BCUT2D eigenvalue weighted by Crippen LogP contribution is -2.31. The average molecular weight is 418 g/mol. The number of hydrogen-bond donors (Lipinski definition) is 0. The second kappa shape index (κ2) is 9.37. The van der Waals surface area contributed by atoms with Crippen LogP contribution in [0, 0.1) is 5.82 Å². The van der Waals surface area contributed by atoms with E-state index in [0.717, 1.165) is 11.1 Å². The van der Waals surface area contributed by atoms with E-state index in [1.165, 1.54) is 23.5 Å². The summed E-state index contributed by atoms with van der Waals surface area (Å²) in [5, 5.41) is 2.55. The molecule has 0 radical (unpaired) electrons. The molecular formula is C23H19FN4OS. The zero-order valence-corrected chi connectivity index (χ0v) is 16.9. The third-order valence-corrected chi connectivity index (χ3v) is 5.47. The van der Waals surface area contributed by atoms with E-state index in [9.17, 15) is 9.18 Å². The van der Waals surface area contributed by atoms with Crippen LogP contribution in [0.4, 0.5) is 4.39 Å². The van der Waals surface area contributed by atoms with Gasteiger partial charge in [0.15, 0.2) is 0 Å². The second-order valence-electron chi connectivity index (χ2n) is 6.80. The van der Waals surface area contributed by atoms with Crippen molar-refractivity contribution in [1.29, 1.82) is 0 Å². The molecule has 0 bridgehead atoms. The van der Waals surface area contributed by atoms with Crippen LogP contribution in [0.3, 0.4) is 0 Å². The minimum Gasteiger partial charge on any atom is -0.334 e. The number of rotatable bonds is 7. The highest BCUT2D eigenvalue weighted by Crippen LogP contribution is 2.25. The Morgan fingerprint density at radius 3 is 2.57 bits per heavy atom. The monoisotopic (exact) mass is 418 g/mol. The number of aromatic nitrogens is 3. The number of carbonyl (C=O) groups excluding carboxylic acids is 1. The summed E-state index contributed by atoms with van der Waals surface area (Å²) in [6.07, 6.45) is 7.08. The number of pyridine rings is 2. The van der Waals surface area contributed by atoms with E-state index < -0.39 is 0 Å². The first-order valence-electron chi connectivity index (χ1n) is 9.43. The van der Waals surface area contributed by atoms with Gasteiger partial charge in [0, 0.05) is 48.8 Å². The Morgan fingerprint density at radius 1 is 0.967 bits per heavy atom. The van der Waals surface area contributed by atoms with Gasteiger partial charge in [0.05, 0.1) is 12.1 Å². The minimum absolute atomic E-state index is 0.0354. The standard InChI is InChI=1S/C23H19FN4OS/c24-20-5-1-4-19(11-20)23-27-21(16-30-23)12-22(29)28(14-17-6-9-25-10-7-17)15-18-3-2-8-26-13-18/h1-11,13,16H,12,14-15H2. The van der Waals surface area contributed by atoms with E-state index in [1.54, 1.807) is 35.8 Å². The van der Waals surface area contributed by atoms with Crippen molar-refractivity contribution in [3.63, 3.8) is 0 Å². The summed E-state index contributed by atoms with van der Waals surface area (Å²) in [6.45, 7) is 0.924. The molecule has 150 valence electrons. The van der Waals surface area contributed by atoms with Crippen LogP contribution in [0.5, 0.6) is 0 Å². The normalized spacial score (nSPS) is 10.7. The molecule has 0 aliphatic heterocycles. The highest BCUT2D eigenvalue weighted by atomic mass is 32.1. The Hall–Kier alpha value is -3.45. The molecular weight excluding hydrogens is 399 g/mol. The van der Waals surface area contributed by atoms with Gasteiger partial charge in [0.1, 0.15) is 10.8 Å². The van der Waals surface area contributed by atoms with Crippen LogP contribution < -0.4 is 0 Å². The van der Waals surface area contributed by atoms with Gasteiger partial charge in [-0.15, -0.1) is 11.3 Å². The van der Waals surface area contributed by atoms with Crippen molar-refractivity contribution in [2.75, 3.05) is 0 Å². The summed E-state index contributed by atoms with van der Waals surface area (Å²) in [7, 11) is 0. The Kier molecular flexibility index (Phi) is 6.20. The van der Waals surface area contributed by atoms with Gasteiger partial charge >= 0.3 is 0 Å². The smallest absolute Gasteiger partial charge is 0.229 e. The highest BCUT2D eigenvalue weighted by molar-refractivity contribution is 7.13. The van der Waals surface area contributed by atoms with Gasteiger partial charge in [0.25, 0.3) is 0 Å². The molecule has 0 N–H and O–H groups in total. The molecule has 3 aromatic heterocycles. The van der Waals surface area contributed by atoms with Crippen LogP contribution in [0.15, 0.2) is 78.7 Å². The molecule has 30 heavy (non-hydrogen) atoms. The van der Waals surface area contributed by atoms with Gasteiger partial charge in [-0.05, 0) is 41.5 Å². The number of hydrogen-bond acceptors (Lipinski definition) is 5. The SMILES string of the molecule is O=C(Cc1csc(-c2cccc(F)c2)n1)N(Cc1ccncc1)Cc1cccnc1. The van der Waals surface area contributed by atoms with Crippen molar-refractivity contribution >= 4 is 17.2 Å². The molecule has 0 spiro atoms. The number of benzene rings is 1. The maximum Gasteiger partial charge on any atom is 0.229 e. The largest absolute Gasteiger partial charge is 0.334 e. The summed E-state index contributed by atoms with van der Waals surface area (Å²) >= 11 is 1.41. The third-order valence-electron chi connectivity index (χ3n) is 4.53. The predicted octanol–water partition coefficient (Wildman–Crippen LogP) is 4.51. The second-order valence-corrected chi connectivity index (χ2v) is 7.66. The lowest BCUT2D eigenvalue weighted by molar-refractivity contribution is -0.131. The number of nitrogens with zero attached hydrogens (tertiary/aromatic N) is 4. The summed E-state index contributed by atoms with van der Waals surface area (Å²) in [5.41, 5.74) is 3.34. The van der Waals surface area contributed by atoms with E-state index in [0.29, 0.717) is 29.4 Å². The van der Waals surface area contributed by atoms with Crippen molar-refractivity contribution in [2.24, 2.45) is 0 Å². The van der Waals surface area contributed by atoms with E-state index in [2.05, 4.69) is 15.0 Å². The number of halogens is 1. The molecule has 0 aliphatic rings. The fraction of sp³-hybridized carbons (Fsp3) is 0.130. The van der Waals surface area contributed by atoms with Gasteiger partial charge in [-0.1, -0.05) is 18.2 Å². The van der Waals surface area contributed by atoms with Crippen molar-refractivity contribution in [3.8, 4) is 10.6 Å². The fourth-order valence-corrected chi connectivity index (χ4v) is 3.88. The number of thiazole rings is 1. The van der Waals surface area contributed by atoms with Crippen LogP contribution in [0.2, 0.25) is 0 Å². The minimum atomic E-state index is -0.305. The Balaban J connectivity index is 1.51. The molecule has 7 heteroatoms. The fourth-order valence-electron chi connectivity index (χ4n) is 3.06. The molecule has 0 aliphatic carbocycles. The topological polar surface area (TPSA) is 59.0 Å². The maximum atomic E-state index is 13.5. The molecule has 0 unspecified atom stereocenters. The quantitative estimate of drug-likeness (QED) is 0.443. The first kappa shape index (κ1) is 19.8. The van der Waals surface area contributed by atoms with Crippen LogP contribution in [0.25, 0.3) is 10.6 Å². The maximum absolute atomic E-state index is 13.5. The summed E-state index contributed by atoms with van der Waals surface area (Å²) < 4.78 is 13.5. The van der Waals surface area contributed by atoms with E-state index in [4.69, 9.17) is 0 Å². The van der Waals surface area contributed by atoms with Gasteiger partial charge < -0.3 is 4.90 Å². The molecule has 0 saturated heterocycles.